The lowest BCUT2D eigenvalue weighted by molar-refractivity contribution is -0.136. The number of carbonyl (C=O) groups is 2. The Labute approximate surface area is 208 Å². The van der Waals surface area contributed by atoms with Crippen molar-refractivity contribution in [1.29, 1.82) is 0 Å². The minimum absolute atomic E-state index is 0.101. The van der Waals surface area contributed by atoms with Crippen LogP contribution < -0.4 is 18.9 Å². The summed E-state index contributed by atoms with van der Waals surface area (Å²) in [6.45, 7) is 2.44. The van der Waals surface area contributed by atoms with E-state index in [-0.39, 0.29) is 12.3 Å². The lowest BCUT2D eigenvalue weighted by atomic mass is 10.1. The van der Waals surface area contributed by atoms with Crippen molar-refractivity contribution >= 4 is 22.8 Å². The molecule has 0 saturated carbocycles. The van der Waals surface area contributed by atoms with Crippen molar-refractivity contribution in [2.24, 2.45) is 0 Å². The molecule has 0 atom stereocenters. The standard InChI is InChI=1S/C28H27NO7/c1-18-15-23-20(16-27(30)31)5-4-6-24(23)29(18)28(32)19-7-9-21(10-8-19)35-13-14-36-25-12-11-22(33-2)17-26(25)34-3/h4-12,15,17H,13-14,16H2,1-3H3,(H,30,31). The summed E-state index contributed by atoms with van der Waals surface area (Å²) in [4.78, 5) is 24.5. The molecule has 0 fully saturated rings. The highest BCUT2D eigenvalue weighted by Crippen LogP contribution is 2.31. The zero-order valence-electron chi connectivity index (χ0n) is 20.3. The van der Waals surface area contributed by atoms with Gasteiger partial charge in [-0.05, 0) is 61.0 Å². The molecule has 1 aromatic heterocycles. The maximum Gasteiger partial charge on any atom is 0.307 e. The van der Waals surface area contributed by atoms with Crippen LogP contribution in [0.15, 0.2) is 66.7 Å². The van der Waals surface area contributed by atoms with Crippen LogP contribution >= 0.6 is 0 Å². The largest absolute Gasteiger partial charge is 0.497 e. The molecule has 4 aromatic rings. The Kier molecular flexibility index (Phi) is 7.44. The number of nitrogens with zero attached hydrogens (tertiary/aromatic N) is 1. The third-order valence-electron chi connectivity index (χ3n) is 5.75. The summed E-state index contributed by atoms with van der Waals surface area (Å²) in [6, 6.07) is 19.4. The van der Waals surface area contributed by atoms with Crippen LogP contribution in [-0.4, -0.2) is 49.0 Å². The number of hydrogen-bond donors (Lipinski definition) is 1. The van der Waals surface area contributed by atoms with Crippen molar-refractivity contribution in [2.75, 3.05) is 27.4 Å². The molecular weight excluding hydrogens is 462 g/mol. The van der Waals surface area contributed by atoms with Crippen molar-refractivity contribution < 1.29 is 33.6 Å². The zero-order valence-corrected chi connectivity index (χ0v) is 20.3. The molecule has 0 aliphatic carbocycles. The van der Waals surface area contributed by atoms with Crippen LogP contribution in [0.1, 0.15) is 21.6 Å². The molecule has 0 radical (unpaired) electrons. The lowest BCUT2D eigenvalue weighted by Gasteiger charge is -2.13. The highest BCUT2D eigenvalue weighted by Gasteiger charge is 2.17. The predicted octanol–water partition coefficient (Wildman–Crippen LogP) is 4.74. The fraction of sp³-hybridized carbons (Fsp3) is 0.214. The normalized spacial score (nSPS) is 10.8. The average Bonchev–Trinajstić information content (AvgIpc) is 3.23. The molecule has 0 spiro atoms. The van der Waals surface area contributed by atoms with E-state index < -0.39 is 5.97 Å². The van der Waals surface area contributed by atoms with Crippen molar-refractivity contribution in [2.45, 2.75) is 13.3 Å². The molecule has 4 rings (SSSR count). The van der Waals surface area contributed by atoms with Gasteiger partial charge in [-0.15, -0.1) is 0 Å². The monoisotopic (exact) mass is 489 g/mol. The van der Waals surface area contributed by atoms with Gasteiger partial charge in [0.2, 0.25) is 0 Å². The average molecular weight is 490 g/mol. The van der Waals surface area contributed by atoms with Gasteiger partial charge in [-0.25, -0.2) is 0 Å². The van der Waals surface area contributed by atoms with Crippen molar-refractivity contribution in [3.05, 3.63) is 83.6 Å². The van der Waals surface area contributed by atoms with Gasteiger partial charge in [0.1, 0.15) is 24.7 Å². The maximum absolute atomic E-state index is 13.3. The molecule has 3 aromatic carbocycles. The molecule has 0 aliphatic rings. The lowest BCUT2D eigenvalue weighted by Crippen LogP contribution is -2.13. The van der Waals surface area contributed by atoms with Gasteiger partial charge in [-0.2, -0.15) is 0 Å². The van der Waals surface area contributed by atoms with Gasteiger partial charge in [-0.1, -0.05) is 12.1 Å². The van der Waals surface area contributed by atoms with E-state index in [0.29, 0.717) is 52.9 Å². The van der Waals surface area contributed by atoms with Crippen LogP contribution in [0.3, 0.4) is 0 Å². The van der Waals surface area contributed by atoms with Gasteiger partial charge in [0.05, 0.1) is 26.2 Å². The van der Waals surface area contributed by atoms with Gasteiger partial charge >= 0.3 is 5.97 Å². The van der Waals surface area contributed by atoms with Crippen molar-refractivity contribution in [1.82, 2.24) is 4.57 Å². The summed E-state index contributed by atoms with van der Waals surface area (Å²) >= 11 is 0. The number of ether oxygens (including phenoxy) is 4. The first-order valence-corrected chi connectivity index (χ1v) is 11.4. The first kappa shape index (κ1) is 24.7. The number of aromatic nitrogens is 1. The Morgan fingerprint density at radius 2 is 1.56 bits per heavy atom. The summed E-state index contributed by atoms with van der Waals surface area (Å²) in [5, 5.41) is 9.95. The first-order chi connectivity index (χ1) is 17.4. The van der Waals surface area contributed by atoms with E-state index in [2.05, 4.69) is 0 Å². The molecule has 0 aliphatic heterocycles. The number of rotatable bonds is 10. The Bertz CT molecular complexity index is 1390. The Morgan fingerprint density at radius 3 is 2.25 bits per heavy atom. The summed E-state index contributed by atoms with van der Waals surface area (Å²) in [5.74, 6) is 1.33. The highest BCUT2D eigenvalue weighted by molar-refractivity contribution is 6.04. The van der Waals surface area contributed by atoms with Gasteiger partial charge in [0.25, 0.3) is 5.91 Å². The van der Waals surface area contributed by atoms with Crippen LogP contribution in [0.2, 0.25) is 0 Å². The topological polar surface area (TPSA) is 96.2 Å². The van der Waals surface area contributed by atoms with E-state index in [4.69, 9.17) is 18.9 Å². The fourth-order valence-electron chi connectivity index (χ4n) is 4.04. The van der Waals surface area contributed by atoms with Gasteiger partial charge in [0.15, 0.2) is 11.5 Å². The maximum atomic E-state index is 13.3. The minimum Gasteiger partial charge on any atom is -0.497 e. The number of aliphatic carboxylic acids is 1. The van der Waals surface area contributed by atoms with Crippen LogP contribution in [-0.2, 0) is 11.2 Å². The van der Waals surface area contributed by atoms with E-state index in [1.165, 1.54) is 0 Å². The van der Waals surface area contributed by atoms with Crippen LogP contribution in [0.25, 0.3) is 10.9 Å². The fourth-order valence-corrected chi connectivity index (χ4v) is 4.04. The molecule has 186 valence electrons. The second-order valence-electron chi connectivity index (χ2n) is 8.08. The van der Waals surface area contributed by atoms with Crippen LogP contribution in [0.4, 0.5) is 0 Å². The SMILES string of the molecule is COc1ccc(OCCOc2ccc(C(=O)n3c(C)cc4c(CC(=O)O)cccc43)cc2)c(OC)c1. The molecule has 0 saturated heterocycles. The molecular formula is C28H27NO7. The van der Waals surface area contributed by atoms with E-state index in [0.717, 1.165) is 11.1 Å². The first-order valence-electron chi connectivity index (χ1n) is 11.4. The minimum atomic E-state index is -0.914. The third-order valence-corrected chi connectivity index (χ3v) is 5.75. The summed E-state index contributed by atoms with van der Waals surface area (Å²) in [5.41, 5.74) is 2.58. The van der Waals surface area contributed by atoms with E-state index in [9.17, 15) is 14.7 Å². The second-order valence-corrected chi connectivity index (χ2v) is 8.08. The summed E-state index contributed by atoms with van der Waals surface area (Å²) in [6.07, 6.45) is -0.101. The quantitative estimate of drug-likeness (QED) is 0.322. The molecule has 0 amide bonds. The molecule has 1 N–H and O–H groups in total. The second kappa shape index (κ2) is 10.9. The number of carboxylic acids is 1. The van der Waals surface area contributed by atoms with Crippen molar-refractivity contribution in [3.63, 3.8) is 0 Å². The van der Waals surface area contributed by atoms with Crippen LogP contribution in [0.5, 0.6) is 23.0 Å². The van der Waals surface area contributed by atoms with E-state index in [1.54, 1.807) is 73.4 Å². The number of methoxy groups -OCH3 is 2. The Hall–Kier alpha value is -4.46. The predicted molar refractivity (Wildman–Crippen MR) is 135 cm³/mol. The van der Waals surface area contributed by atoms with Gasteiger partial charge < -0.3 is 24.1 Å². The van der Waals surface area contributed by atoms with Gasteiger partial charge in [0, 0.05) is 22.7 Å². The number of carbonyl (C=O) groups excluding carboxylic acids is 1. The number of carboxylic acid groups (broad SMARTS) is 1. The third kappa shape index (κ3) is 5.27. The number of hydrogen-bond acceptors (Lipinski definition) is 6. The van der Waals surface area contributed by atoms with E-state index in [1.807, 2.05) is 19.1 Å². The van der Waals surface area contributed by atoms with Gasteiger partial charge in [-0.3, -0.25) is 14.2 Å². The highest BCUT2D eigenvalue weighted by atomic mass is 16.5. The molecule has 0 unspecified atom stereocenters. The van der Waals surface area contributed by atoms with Crippen LogP contribution in [0, 0.1) is 6.92 Å². The molecule has 36 heavy (non-hydrogen) atoms. The number of fused-ring (bicyclic) bond motifs is 1. The summed E-state index contributed by atoms with van der Waals surface area (Å²) in [7, 11) is 3.15. The van der Waals surface area contributed by atoms with E-state index >= 15 is 0 Å². The summed E-state index contributed by atoms with van der Waals surface area (Å²) < 4.78 is 23.6. The molecule has 1 heterocycles. The number of benzene rings is 3. The Balaban J connectivity index is 1.41. The molecule has 0 bridgehead atoms. The molecule has 8 nitrogen and oxygen atoms in total. The zero-order chi connectivity index (χ0) is 25.7. The Morgan fingerprint density at radius 1 is 0.833 bits per heavy atom. The molecule has 8 heteroatoms. The van der Waals surface area contributed by atoms with Crippen molar-refractivity contribution in [3.8, 4) is 23.0 Å². The number of aryl methyl sites for hydroxylation is 1. The smallest absolute Gasteiger partial charge is 0.307 e.